The number of halogens is 2. The summed E-state index contributed by atoms with van der Waals surface area (Å²) in [5.74, 6) is -0.215. The van der Waals surface area contributed by atoms with Crippen molar-refractivity contribution in [1.29, 1.82) is 0 Å². The van der Waals surface area contributed by atoms with E-state index in [0.29, 0.717) is 10.5 Å². The Morgan fingerprint density at radius 1 is 1.39 bits per heavy atom. The zero-order valence-corrected chi connectivity index (χ0v) is 12.8. The Bertz CT molecular complexity index is 513. The Labute approximate surface area is 119 Å². The molecule has 2 aromatic rings. The SMILES string of the molecule is CC(c1cccs1)N(C)Cc1ccc(F)c(Br)c1. The van der Waals surface area contributed by atoms with Gasteiger partial charge in [-0.2, -0.15) is 0 Å². The van der Waals surface area contributed by atoms with E-state index in [-0.39, 0.29) is 5.82 Å². The number of hydrogen-bond acceptors (Lipinski definition) is 2. The molecule has 2 rings (SSSR count). The lowest BCUT2D eigenvalue weighted by atomic mass is 10.1. The number of hydrogen-bond donors (Lipinski definition) is 0. The molecule has 0 aliphatic carbocycles. The summed E-state index contributed by atoms with van der Waals surface area (Å²) in [6.07, 6.45) is 0. The third kappa shape index (κ3) is 3.19. The maximum atomic E-state index is 13.2. The minimum atomic E-state index is -0.215. The maximum Gasteiger partial charge on any atom is 0.137 e. The lowest BCUT2D eigenvalue weighted by Gasteiger charge is -2.24. The summed E-state index contributed by atoms with van der Waals surface area (Å²) >= 11 is 4.98. The molecule has 0 N–H and O–H groups in total. The first kappa shape index (κ1) is 13.7. The highest BCUT2D eigenvalue weighted by molar-refractivity contribution is 9.10. The lowest BCUT2D eigenvalue weighted by molar-refractivity contribution is 0.256. The van der Waals surface area contributed by atoms with Gasteiger partial charge >= 0.3 is 0 Å². The Kier molecular flexibility index (Phi) is 4.54. The van der Waals surface area contributed by atoms with Gasteiger partial charge in [0.1, 0.15) is 5.82 Å². The summed E-state index contributed by atoms with van der Waals surface area (Å²) in [6.45, 7) is 2.99. The fourth-order valence-electron chi connectivity index (χ4n) is 1.81. The van der Waals surface area contributed by atoms with Crippen molar-refractivity contribution in [1.82, 2.24) is 4.90 Å². The molecule has 96 valence electrons. The fraction of sp³-hybridized carbons (Fsp3) is 0.286. The van der Waals surface area contributed by atoms with Crippen LogP contribution in [0.15, 0.2) is 40.2 Å². The molecule has 0 radical (unpaired) electrons. The minimum Gasteiger partial charge on any atom is -0.295 e. The van der Waals surface area contributed by atoms with Crippen LogP contribution in [0.5, 0.6) is 0 Å². The van der Waals surface area contributed by atoms with Crippen molar-refractivity contribution in [3.63, 3.8) is 0 Å². The van der Waals surface area contributed by atoms with Crippen LogP contribution in [0.3, 0.4) is 0 Å². The van der Waals surface area contributed by atoms with Crippen LogP contribution in [0.2, 0.25) is 0 Å². The average molecular weight is 328 g/mol. The van der Waals surface area contributed by atoms with Gasteiger partial charge in [-0.25, -0.2) is 4.39 Å². The van der Waals surface area contributed by atoms with E-state index in [4.69, 9.17) is 0 Å². The molecule has 0 amide bonds. The normalized spacial score (nSPS) is 12.9. The molecule has 1 atom stereocenters. The van der Waals surface area contributed by atoms with Crippen LogP contribution >= 0.6 is 27.3 Å². The molecule has 1 nitrogen and oxygen atoms in total. The maximum absolute atomic E-state index is 13.2. The Balaban J connectivity index is 2.06. The van der Waals surface area contributed by atoms with Crippen molar-refractivity contribution >= 4 is 27.3 Å². The quantitative estimate of drug-likeness (QED) is 0.776. The second-order valence-corrected chi connectivity index (χ2v) is 6.19. The zero-order chi connectivity index (χ0) is 13.1. The van der Waals surface area contributed by atoms with Crippen molar-refractivity contribution < 1.29 is 4.39 Å². The highest BCUT2D eigenvalue weighted by Gasteiger charge is 2.13. The number of nitrogens with zero attached hydrogens (tertiary/aromatic N) is 1. The lowest BCUT2D eigenvalue weighted by Crippen LogP contribution is -2.21. The molecule has 0 spiro atoms. The van der Waals surface area contributed by atoms with Gasteiger partial charge in [-0.3, -0.25) is 4.90 Å². The molecule has 4 heteroatoms. The van der Waals surface area contributed by atoms with Crippen LogP contribution < -0.4 is 0 Å². The standard InChI is InChI=1S/C14H15BrFNS/c1-10(14-4-3-7-18-14)17(2)9-11-5-6-13(16)12(15)8-11/h3-8,10H,9H2,1-2H3. The largest absolute Gasteiger partial charge is 0.295 e. The van der Waals surface area contributed by atoms with E-state index in [1.807, 2.05) is 12.1 Å². The van der Waals surface area contributed by atoms with Gasteiger partial charge in [0.15, 0.2) is 0 Å². The van der Waals surface area contributed by atoms with E-state index < -0.39 is 0 Å². The monoisotopic (exact) mass is 327 g/mol. The van der Waals surface area contributed by atoms with Crippen LogP contribution in [0.1, 0.15) is 23.4 Å². The summed E-state index contributed by atoms with van der Waals surface area (Å²) in [6, 6.07) is 9.76. The first-order valence-corrected chi connectivity index (χ1v) is 7.43. The summed E-state index contributed by atoms with van der Waals surface area (Å²) in [5.41, 5.74) is 1.11. The van der Waals surface area contributed by atoms with Gasteiger partial charge in [0, 0.05) is 17.5 Å². The van der Waals surface area contributed by atoms with Crippen molar-refractivity contribution in [3.8, 4) is 0 Å². The highest BCUT2D eigenvalue weighted by Crippen LogP contribution is 2.25. The molecule has 1 aromatic heterocycles. The molecule has 0 saturated carbocycles. The van der Waals surface area contributed by atoms with E-state index in [2.05, 4.69) is 52.3 Å². The molecule has 18 heavy (non-hydrogen) atoms. The van der Waals surface area contributed by atoms with Gasteiger partial charge in [-0.05, 0) is 59.0 Å². The van der Waals surface area contributed by atoms with Crippen LogP contribution in [0.25, 0.3) is 0 Å². The number of rotatable bonds is 4. The summed E-state index contributed by atoms with van der Waals surface area (Å²) in [5, 5.41) is 2.09. The van der Waals surface area contributed by atoms with Gasteiger partial charge in [0.2, 0.25) is 0 Å². The van der Waals surface area contributed by atoms with Gasteiger partial charge in [0.25, 0.3) is 0 Å². The van der Waals surface area contributed by atoms with Crippen molar-refractivity contribution in [2.45, 2.75) is 19.5 Å². The molecule has 1 aromatic carbocycles. The molecule has 1 unspecified atom stereocenters. The van der Waals surface area contributed by atoms with Crippen LogP contribution in [-0.4, -0.2) is 11.9 Å². The van der Waals surface area contributed by atoms with E-state index in [9.17, 15) is 4.39 Å². The molecule has 0 aliphatic heterocycles. The van der Waals surface area contributed by atoms with E-state index in [1.54, 1.807) is 11.3 Å². The first-order chi connectivity index (χ1) is 8.58. The molecule has 0 aliphatic rings. The molecule has 0 bridgehead atoms. The van der Waals surface area contributed by atoms with E-state index in [1.165, 1.54) is 10.9 Å². The van der Waals surface area contributed by atoms with Crippen LogP contribution in [0.4, 0.5) is 4.39 Å². The minimum absolute atomic E-state index is 0.215. The molecule has 0 fully saturated rings. The van der Waals surface area contributed by atoms with Gasteiger partial charge in [-0.1, -0.05) is 12.1 Å². The topological polar surface area (TPSA) is 3.24 Å². The molecular formula is C14H15BrFNS. The summed E-state index contributed by atoms with van der Waals surface area (Å²) < 4.78 is 13.7. The molecule has 1 heterocycles. The van der Waals surface area contributed by atoms with E-state index >= 15 is 0 Å². The third-order valence-electron chi connectivity index (χ3n) is 3.03. The second-order valence-electron chi connectivity index (χ2n) is 4.35. The number of benzene rings is 1. The van der Waals surface area contributed by atoms with E-state index in [0.717, 1.165) is 12.1 Å². The zero-order valence-electron chi connectivity index (χ0n) is 10.4. The number of thiophene rings is 1. The van der Waals surface area contributed by atoms with Crippen molar-refractivity contribution in [2.75, 3.05) is 7.05 Å². The first-order valence-electron chi connectivity index (χ1n) is 5.75. The Morgan fingerprint density at radius 3 is 2.78 bits per heavy atom. The Morgan fingerprint density at radius 2 is 2.17 bits per heavy atom. The molecule has 0 saturated heterocycles. The van der Waals surface area contributed by atoms with Gasteiger partial charge in [-0.15, -0.1) is 11.3 Å². The molecular weight excluding hydrogens is 313 g/mol. The second kappa shape index (κ2) is 5.95. The Hall–Kier alpha value is -0.710. The smallest absolute Gasteiger partial charge is 0.137 e. The average Bonchev–Trinajstić information content (AvgIpc) is 2.86. The fourth-order valence-corrected chi connectivity index (χ4v) is 3.08. The summed E-state index contributed by atoms with van der Waals surface area (Å²) in [4.78, 5) is 3.60. The van der Waals surface area contributed by atoms with Crippen LogP contribution in [0, 0.1) is 5.82 Å². The summed E-state index contributed by atoms with van der Waals surface area (Å²) in [7, 11) is 2.08. The van der Waals surface area contributed by atoms with Crippen LogP contribution in [-0.2, 0) is 6.54 Å². The van der Waals surface area contributed by atoms with Gasteiger partial charge in [0.05, 0.1) is 4.47 Å². The van der Waals surface area contributed by atoms with Gasteiger partial charge < -0.3 is 0 Å². The third-order valence-corrected chi connectivity index (χ3v) is 4.68. The van der Waals surface area contributed by atoms with Crippen molar-refractivity contribution in [3.05, 3.63) is 56.4 Å². The predicted octanol–water partition coefficient (Wildman–Crippen LogP) is 4.84. The highest BCUT2D eigenvalue weighted by atomic mass is 79.9. The van der Waals surface area contributed by atoms with Crippen molar-refractivity contribution in [2.24, 2.45) is 0 Å². The predicted molar refractivity (Wildman–Crippen MR) is 78.3 cm³/mol.